The Balaban J connectivity index is 2.47. The van der Waals surface area contributed by atoms with Gasteiger partial charge < -0.3 is 4.74 Å². The molecule has 18 heavy (non-hydrogen) atoms. The molecule has 0 fully saturated rings. The van der Waals surface area contributed by atoms with Crippen LogP contribution < -0.4 is 0 Å². The zero-order chi connectivity index (χ0) is 13.5. The summed E-state index contributed by atoms with van der Waals surface area (Å²) >= 11 is 1.19. The van der Waals surface area contributed by atoms with Crippen LogP contribution >= 0.6 is 11.8 Å². The number of hydrogen-bond donors (Lipinski definition) is 0. The van der Waals surface area contributed by atoms with Crippen LogP contribution in [0.4, 0.5) is 5.69 Å². The van der Waals surface area contributed by atoms with Crippen LogP contribution in [-0.2, 0) is 9.53 Å². The number of nitriles is 1. The number of non-ortho nitro benzene ring substituents is 1. The molecule has 1 rings (SSSR count). The number of nitrogens with zero attached hydrogens (tertiary/aromatic N) is 2. The molecule has 1 atom stereocenters. The second-order valence-electron chi connectivity index (χ2n) is 3.30. The number of nitro benzene ring substituents is 1. The number of ether oxygens (including phenoxy) is 1. The van der Waals surface area contributed by atoms with Gasteiger partial charge in [-0.2, -0.15) is 5.26 Å². The van der Waals surface area contributed by atoms with Crippen molar-refractivity contribution in [1.29, 1.82) is 5.26 Å². The van der Waals surface area contributed by atoms with E-state index in [1.54, 1.807) is 18.2 Å². The largest absolute Gasteiger partial charge is 0.447 e. The molecule has 1 aromatic rings. The van der Waals surface area contributed by atoms with Gasteiger partial charge in [-0.25, -0.2) is 0 Å². The van der Waals surface area contributed by atoms with Crippen LogP contribution in [0.2, 0.25) is 0 Å². The molecule has 0 spiro atoms. The summed E-state index contributed by atoms with van der Waals surface area (Å²) in [5, 5.41) is 18.9. The maximum atomic E-state index is 11.3. The minimum absolute atomic E-state index is 0.0000271. The lowest BCUT2D eigenvalue weighted by molar-refractivity contribution is -0.384. The van der Waals surface area contributed by atoms with E-state index < -0.39 is 17.0 Å². The van der Waals surface area contributed by atoms with Gasteiger partial charge in [-0.15, -0.1) is 11.8 Å². The Morgan fingerprint density at radius 3 is 2.67 bits per heavy atom. The van der Waals surface area contributed by atoms with Crippen molar-refractivity contribution in [3.63, 3.8) is 0 Å². The van der Waals surface area contributed by atoms with Gasteiger partial charge in [-0.05, 0) is 19.1 Å². The Morgan fingerprint density at radius 1 is 1.56 bits per heavy atom. The molecule has 0 aliphatic carbocycles. The van der Waals surface area contributed by atoms with E-state index in [0.29, 0.717) is 0 Å². The van der Waals surface area contributed by atoms with Crippen molar-refractivity contribution >= 4 is 23.4 Å². The van der Waals surface area contributed by atoms with E-state index in [0.717, 1.165) is 4.90 Å². The molecule has 0 aliphatic rings. The molecule has 1 aromatic carbocycles. The summed E-state index contributed by atoms with van der Waals surface area (Å²) in [5.41, 5.74) is 0.0000271. The second kappa shape index (κ2) is 6.61. The van der Waals surface area contributed by atoms with Crippen molar-refractivity contribution in [2.24, 2.45) is 0 Å². The fraction of sp³-hybridized carbons (Fsp3) is 0.273. The van der Waals surface area contributed by atoms with Crippen LogP contribution in [0.15, 0.2) is 29.2 Å². The lowest BCUT2D eigenvalue weighted by Gasteiger charge is -2.05. The lowest BCUT2D eigenvalue weighted by atomic mass is 10.3. The number of rotatable bonds is 5. The topological polar surface area (TPSA) is 93.2 Å². The van der Waals surface area contributed by atoms with E-state index >= 15 is 0 Å². The molecule has 0 aromatic heterocycles. The second-order valence-corrected chi connectivity index (χ2v) is 4.35. The highest BCUT2D eigenvalue weighted by Crippen LogP contribution is 2.21. The Hall–Kier alpha value is -2.07. The summed E-state index contributed by atoms with van der Waals surface area (Å²) in [6.07, 6.45) is -0.769. The molecule has 0 unspecified atom stereocenters. The highest BCUT2D eigenvalue weighted by Gasteiger charge is 2.10. The van der Waals surface area contributed by atoms with Crippen molar-refractivity contribution < 1.29 is 14.5 Å². The summed E-state index contributed by atoms with van der Waals surface area (Å²) < 4.78 is 4.75. The number of nitro groups is 1. The van der Waals surface area contributed by atoms with Gasteiger partial charge in [-0.1, -0.05) is 0 Å². The molecule has 0 aliphatic heterocycles. The van der Waals surface area contributed by atoms with Gasteiger partial charge in [0, 0.05) is 17.0 Å². The average molecular weight is 266 g/mol. The maximum absolute atomic E-state index is 11.3. The first-order chi connectivity index (χ1) is 8.52. The van der Waals surface area contributed by atoms with Gasteiger partial charge in [-0.3, -0.25) is 14.9 Å². The molecule has 94 valence electrons. The molecule has 0 amide bonds. The third-order valence-corrected chi connectivity index (χ3v) is 2.88. The molecule has 0 N–H and O–H groups in total. The van der Waals surface area contributed by atoms with Crippen LogP contribution in [0.3, 0.4) is 0 Å². The van der Waals surface area contributed by atoms with Crippen molar-refractivity contribution in [2.75, 3.05) is 5.75 Å². The van der Waals surface area contributed by atoms with Crippen LogP contribution in [0, 0.1) is 21.4 Å². The quantitative estimate of drug-likeness (QED) is 0.351. The summed E-state index contributed by atoms with van der Waals surface area (Å²) in [6, 6.07) is 7.64. The van der Waals surface area contributed by atoms with E-state index in [2.05, 4.69) is 0 Å². The van der Waals surface area contributed by atoms with Crippen LogP contribution in [-0.4, -0.2) is 22.7 Å². The van der Waals surface area contributed by atoms with Gasteiger partial charge in [0.05, 0.1) is 10.7 Å². The van der Waals surface area contributed by atoms with Crippen LogP contribution in [0.1, 0.15) is 6.92 Å². The number of thioether (sulfide) groups is 1. The molecule has 6 nitrogen and oxygen atoms in total. The van der Waals surface area contributed by atoms with E-state index in [9.17, 15) is 14.9 Å². The number of carbonyl (C=O) groups is 1. The number of esters is 1. The number of carbonyl (C=O) groups excluding carboxylic acids is 1. The average Bonchev–Trinajstić information content (AvgIpc) is 2.36. The van der Waals surface area contributed by atoms with E-state index in [1.807, 2.05) is 0 Å². The highest BCUT2D eigenvalue weighted by molar-refractivity contribution is 8.00. The van der Waals surface area contributed by atoms with E-state index in [4.69, 9.17) is 10.00 Å². The molecular formula is C11H10N2O4S. The Labute approximate surface area is 108 Å². The van der Waals surface area contributed by atoms with Crippen molar-refractivity contribution in [3.8, 4) is 6.07 Å². The minimum Gasteiger partial charge on any atom is -0.447 e. The smallest absolute Gasteiger partial charge is 0.317 e. The van der Waals surface area contributed by atoms with Crippen molar-refractivity contribution in [2.45, 2.75) is 17.9 Å². The van der Waals surface area contributed by atoms with Gasteiger partial charge in [0.2, 0.25) is 0 Å². The highest BCUT2D eigenvalue weighted by atomic mass is 32.2. The third kappa shape index (κ3) is 4.43. The van der Waals surface area contributed by atoms with Crippen molar-refractivity contribution in [3.05, 3.63) is 34.4 Å². The molecule has 7 heteroatoms. The normalized spacial score (nSPS) is 11.3. The Kier molecular flexibility index (Phi) is 5.14. The first-order valence-electron chi connectivity index (χ1n) is 4.99. The summed E-state index contributed by atoms with van der Waals surface area (Å²) in [4.78, 5) is 21.9. The first-order valence-corrected chi connectivity index (χ1v) is 5.98. The maximum Gasteiger partial charge on any atom is 0.317 e. The van der Waals surface area contributed by atoms with E-state index in [1.165, 1.54) is 30.8 Å². The summed E-state index contributed by atoms with van der Waals surface area (Å²) in [6.45, 7) is 1.48. The fourth-order valence-electron chi connectivity index (χ4n) is 1.06. The van der Waals surface area contributed by atoms with E-state index in [-0.39, 0.29) is 11.4 Å². The number of benzene rings is 1. The molecule has 0 saturated heterocycles. The molecular weight excluding hydrogens is 256 g/mol. The first kappa shape index (κ1) is 14.0. The molecule has 0 saturated carbocycles. The monoisotopic (exact) mass is 266 g/mol. The van der Waals surface area contributed by atoms with Gasteiger partial charge >= 0.3 is 5.97 Å². The predicted octanol–water partition coefficient (Wildman–Crippen LogP) is 2.14. The molecule has 0 radical (unpaired) electrons. The number of hydrogen-bond acceptors (Lipinski definition) is 6. The van der Waals surface area contributed by atoms with Crippen LogP contribution in [0.5, 0.6) is 0 Å². The zero-order valence-corrected chi connectivity index (χ0v) is 10.3. The van der Waals surface area contributed by atoms with Crippen LogP contribution in [0.25, 0.3) is 0 Å². The minimum atomic E-state index is -0.769. The predicted molar refractivity (Wildman–Crippen MR) is 65.0 cm³/mol. The molecule has 0 heterocycles. The molecule has 0 bridgehead atoms. The Bertz CT molecular complexity index is 481. The standard InChI is InChI=1S/C11H10N2O4S/c1-8(6-12)17-11(14)7-18-10-4-2-9(3-5-10)13(15)16/h2-5,8H,7H2,1H3/t8-/m1/s1. The van der Waals surface area contributed by atoms with Crippen molar-refractivity contribution in [1.82, 2.24) is 0 Å². The zero-order valence-electron chi connectivity index (χ0n) is 9.53. The fourth-order valence-corrected chi connectivity index (χ4v) is 1.74. The summed E-state index contributed by atoms with van der Waals surface area (Å²) in [5.74, 6) is -0.434. The van der Waals surface area contributed by atoms with Gasteiger partial charge in [0.1, 0.15) is 6.07 Å². The SMILES string of the molecule is C[C@H](C#N)OC(=O)CSc1ccc([N+](=O)[O-])cc1. The lowest BCUT2D eigenvalue weighted by Crippen LogP contribution is -2.14. The third-order valence-electron chi connectivity index (χ3n) is 1.89. The summed E-state index contributed by atoms with van der Waals surface area (Å²) in [7, 11) is 0. The van der Waals surface area contributed by atoms with Gasteiger partial charge in [0.15, 0.2) is 6.10 Å². The van der Waals surface area contributed by atoms with Gasteiger partial charge in [0.25, 0.3) is 5.69 Å². The Morgan fingerprint density at radius 2 is 2.17 bits per heavy atom.